The number of hydrogen-bond acceptors (Lipinski definition) is 5. The van der Waals surface area contributed by atoms with E-state index in [9.17, 15) is 9.18 Å². The second kappa shape index (κ2) is 5.94. The number of halogens is 3. The summed E-state index contributed by atoms with van der Waals surface area (Å²) in [6.45, 7) is 0. The highest BCUT2D eigenvalue weighted by Crippen LogP contribution is 2.41. The lowest BCUT2D eigenvalue weighted by molar-refractivity contribution is -0.151. The second-order valence-electron chi connectivity index (χ2n) is 5.07. The van der Waals surface area contributed by atoms with Gasteiger partial charge in [0.25, 0.3) is 0 Å². The van der Waals surface area contributed by atoms with Crippen LogP contribution in [-0.4, -0.2) is 28.6 Å². The van der Waals surface area contributed by atoms with E-state index in [1.165, 1.54) is 25.3 Å². The molecule has 1 heterocycles. The van der Waals surface area contributed by atoms with E-state index < -0.39 is 17.4 Å². The molecule has 1 aliphatic carbocycles. The van der Waals surface area contributed by atoms with E-state index in [-0.39, 0.29) is 21.9 Å². The number of esters is 1. The first-order valence-electron chi connectivity index (χ1n) is 6.71. The maximum absolute atomic E-state index is 13.6. The number of rotatable bonds is 4. The minimum atomic E-state index is -1.02. The zero-order valence-corrected chi connectivity index (χ0v) is 13.5. The van der Waals surface area contributed by atoms with Crippen LogP contribution in [0, 0.1) is 5.82 Å². The largest absolute Gasteiger partial charge is 0.466 e. The number of carbonyl (C=O) groups is 1. The van der Waals surface area contributed by atoms with Gasteiger partial charge in [-0.3, -0.25) is 0 Å². The van der Waals surface area contributed by atoms with Gasteiger partial charge in [0.05, 0.1) is 12.1 Å². The van der Waals surface area contributed by atoms with Crippen molar-refractivity contribution >= 4 is 29.2 Å². The predicted octanol–water partition coefficient (Wildman–Crippen LogP) is 3.67. The number of carbonyl (C=O) groups excluding carboxylic acids is 1. The Morgan fingerprint density at radius 2 is 2.00 bits per heavy atom. The van der Waals surface area contributed by atoms with Gasteiger partial charge in [0.15, 0.2) is 5.82 Å². The average Bonchev–Trinajstić information content (AvgIpc) is 3.29. The van der Waals surface area contributed by atoms with Crippen molar-refractivity contribution < 1.29 is 18.7 Å². The lowest BCUT2D eigenvalue weighted by Crippen LogP contribution is -2.31. The molecule has 1 aromatic heterocycles. The van der Waals surface area contributed by atoms with Crippen molar-refractivity contribution in [2.24, 2.45) is 0 Å². The molecule has 0 radical (unpaired) electrons. The maximum Gasteiger partial charge on any atom is 0.350 e. The topological polar surface area (TPSA) is 61.3 Å². The highest BCUT2D eigenvalue weighted by molar-refractivity contribution is 6.30. The standard InChI is InChI=1S/C15H11Cl2FN2O3/c1-22-14(21)15(4-5-15)23-12-7-11(17)19-13(20-12)8-2-3-9(16)10(18)6-8/h2-3,6-7H,4-5H2,1H3. The number of methoxy groups -OCH3 is 1. The van der Waals surface area contributed by atoms with E-state index in [1.54, 1.807) is 6.07 Å². The highest BCUT2D eigenvalue weighted by Gasteiger charge is 2.54. The number of benzene rings is 1. The molecule has 0 atom stereocenters. The van der Waals surface area contributed by atoms with E-state index in [4.69, 9.17) is 32.7 Å². The highest BCUT2D eigenvalue weighted by atomic mass is 35.5. The lowest BCUT2D eigenvalue weighted by Gasteiger charge is -2.15. The molecule has 120 valence electrons. The fourth-order valence-electron chi connectivity index (χ4n) is 2.06. The molecular weight excluding hydrogens is 346 g/mol. The summed E-state index contributed by atoms with van der Waals surface area (Å²) >= 11 is 11.6. The van der Waals surface area contributed by atoms with Gasteiger partial charge in [-0.25, -0.2) is 14.2 Å². The molecule has 1 aliphatic rings. The van der Waals surface area contributed by atoms with Crippen LogP contribution in [0.5, 0.6) is 5.88 Å². The second-order valence-corrected chi connectivity index (χ2v) is 5.86. The van der Waals surface area contributed by atoms with E-state index >= 15 is 0 Å². The van der Waals surface area contributed by atoms with Gasteiger partial charge in [-0.05, 0) is 18.2 Å². The maximum atomic E-state index is 13.6. The molecule has 1 fully saturated rings. The third kappa shape index (κ3) is 3.23. The minimum Gasteiger partial charge on any atom is -0.466 e. The molecule has 1 aromatic carbocycles. The van der Waals surface area contributed by atoms with Gasteiger partial charge in [0, 0.05) is 24.5 Å². The van der Waals surface area contributed by atoms with Gasteiger partial charge in [-0.2, -0.15) is 4.98 Å². The molecule has 0 unspecified atom stereocenters. The van der Waals surface area contributed by atoms with Crippen molar-refractivity contribution in [3.63, 3.8) is 0 Å². The smallest absolute Gasteiger partial charge is 0.350 e. The van der Waals surface area contributed by atoms with E-state index in [2.05, 4.69) is 9.97 Å². The number of hydrogen-bond donors (Lipinski definition) is 0. The first-order valence-corrected chi connectivity index (χ1v) is 7.46. The van der Waals surface area contributed by atoms with E-state index in [0.29, 0.717) is 18.4 Å². The first-order chi connectivity index (χ1) is 10.9. The van der Waals surface area contributed by atoms with Crippen LogP contribution in [0.3, 0.4) is 0 Å². The zero-order chi connectivity index (χ0) is 16.6. The van der Waals surface area contributed by atoms with Gasteiger partial charge in [-0.1, -0.05) is 23.2 Å². The van der Waals surface area contributed by atoms with Crippen LogP contribution in [0.15, 0.2) is 24.3 Å². The van der Waals surface area contributed by atoms with Crippen molar-refractivity contribution in [1.82, 2.24) is 9.97 Å². The van der Waals surface area contributed by atoms with Crippen LogP contribution >= 0.6 is 23.2 Å². The molecule has 0 amide bonds. The Hall–Kier alpha value is -1.92. The summed E-state index contributed by atoms with van der Waals surface area (Å²) < 4.78 is 23.9. The number of nitrogens with zero attached hydrogens (tertiary/aromatic N) is 2. The Bertz CT molecular complexity index is 781. The summed E-state index contributed by atoms with van der Waals surface area (Å²) in [6.07, 6.45) is 1.07. The molecule has 0 aliphatic heterocycles. The van der Waals surface area contributed by atoms with E-state index in [0.717, 1.165) is 0 Å². The Morgan fingerprint density at radius 1 is 1.26 bits per heavy atom. The predicted molar refractivity (Wildman–Crippen MR) is 82.1 cm³/mol. The summed E-state index contributed by atoms with van der Waals surface area (Å²) in [6, 6.07) is 5.55. The Kier molecular flexibility index (Phi) is 4.12. The SMILES string of the molecule is COC(=O)C1(Oc2cc(Cl)nc(-c3ccc(Cl)c(F)c3)n2)CC1. The molecule has 8 heteroatoms. The Morgan fingerprint density at radius 3 is 2.61 bits per heavy atom. The summed E-state index contributed by atoms with van der Waals surface area (Å²) in [5.74, 6) is -0.767. The molecule has 2 aromatic rings. The molecule has 0 spiro atoms. The fourth-order valence-corrected chi connectivity index (χ4v) is 2.35. The molecule has 0 saturated heterocycles. The molecule has 0 bridgehead atoms. The van der Waals surface area contributed by atoms with Crippen molar-refractivity contribution in [3.8, 4) is 17.3 Å². The zero-order valence-electron chi connectivity index (χ0n) is 12.0. The van der Waals surface area contributed by atoms with Crippen LogP contribution in [0.2, 0.25) is 10.2 Å². The van der Waals surface area contributed by atoms with E-state index in [1.807, 2.05) is 0 Å². The molecule has 1 saturated carbocycles. The van der Waals surface area contributed by atoms with Crippen molar-refractivity contribution in [3.05, 3.63) is 40.3 Å². The molecule has 23 heavy (non-hydrogen) atoms. The van der Waals surface area contributed by atoms with Crippen molar-refractivity contribution in [1.29, 1.82) is 0 Å². The third-order valence-electron chi connectivity index (χ3n) is 3.41. The normalized spacial score (nSPS) is 15.1. The summed E-state index contributed by atoms with van der Waals surface area (Å²) in [4.78, 5) is 20.0. The van der Waals surface area contributed by atoms with Crippen LogP contribution < -0.4 is 4.74 Å². The van der Waals surface area contributed by atoms with Gasteiger partial charge in [0.1, 0.15) is 11.0 Å². The summed E-state index contributed by atoms with van der Waals surface area (Å²) in [5.41, 5.74) is -0.628. The Balaban J connectivity index is 1.93. The number of aromatic nitrogens is 2. The van der Waals surface area contributed by atoms with Gasteiger partial charge in [-0.15, -0.1) is 0 Å². The van der Waals surface area contributed by atoms with Crippen molar-refractivity contribution in [2.75, 3.05) is 7.11 Å². The van der Waals surface area contributed by atoms with Crippen LogP contribution in [0.1, 0.15) is 12.8 Å². The Labute approximate surface area is 141 Å². The van der Waals surface area contributed by atoms with Crippen LogP contribution in [0.25, 0.3) is 11.4 Å². The molecule has 5 nitrogen and oxygen atoms in total. The van der Waals surface area contributed by atoms with Crippen molar-refractivity contribution in [2.45, 2.75) is 18.4 Å². The summed E-state index contributed by atoms with van der Waals surface area (Å²) in [5, 5.41) is 0.107. The van der Waals surface area contributed by atoms with Gasteiger partial charge in [0.2, 0.25) is 11.5 Å². The first kappa shape index (κ1) is 16.0. The van der Waals surface area contributed by atoms with Gasteiger partial charge >= 0.3 is 5.97 Å². The molecule has 3 rings (SSSR count). The average molecular weight is 357 g/mol. The summed E-state index contributed by atoms with van der Waals surface area (Å²) in [7, 11) is 1.29. The minimum absolute atomic E-state index is 0.00474. The lowest BCUT2D eigenvalue weighted by atomic mass is 10.2. The van der Waals surface area contributed by atoms with Crippen LogP contribution in [-0.2, 0) is 9.53 Å². The quantitative estimate of drug-likeness (QED) is 0.617. The number of ether oxygens (including phenoxy) is 2. The molecular formula is C15H11Cl2FN2O3. The molecule has 0 N–H and O–H groups in total. The third-order valence-corrected chi connectivity index (χ3v) is 3.91. The fraction of sp³-hybridized carbons (Fsp3) is 0.267. The van der Waals surface area contributed by atoms with Crippen LogP contribution in [0.4, 0.5) is 4.39 Å². The van der Waals surface area contributed by atoms with Gasteiger partial charge < -0.3 is 9.47 Å². The monoisotopic (exact) mass is 356 g/mol.